The number of nitrogens with one attached hydrogen (secondary N) is 2. The average Bonchev–Trinajstić information content (AvgIpc) is 3.29. The lowest BCUT2D eigenvalue weighted by Gasteiger charge is -2.28. The number of nitrogens with zero attached hydrogens (tertiary/aromatic N) is 1. The summed E-state index contributed by atoms with van der Waals surface area (Å²) in [7, 11) is 0. The first-order valence-electron chi connectivity index (χ1n) is 7.19. The van der Waals surface area contributed by atoms with E-state index in [1.54, 1.807) is 0 Å². The van der Waals surface area contributed by atoms with Crippen molar-refractivity contribution < 1.29 is 14.4 Å². The van der Waals surface area contributed by atoms with E-state index < -0.39 is 5.54 Å². The summed E-state index contributed by atoms with van der Waals surface area (Å²) in [5.74, 6) is 1.53. The molecule has 2 fully saturated rings. The summed E-state index contributed by atoms with van der Waals surface area (Å²) < 4.78 is 5.29. The lowest BCUT2D eigenvalue weighted by atomic mass is 9.97. The number of anilines is 1. The number of aromatic nitrogens is 1. The maximum atomic E-state index is 12.2. The van der Waals surface area contributed by atoms with Crippen molar-refractivity contribution >= 4 is 11.7 Å². The first-order valence-corrected chi connectivity index (χ1v) is 7.19. The number of hydrogen-bond donors (Lipinski definition) is 3. The van der Waals surface area contributed by atoms with Gasteiger partial charge in [-0.25, -0.2) is 4.79 Å². The molecule has 1 aromatic rings. The Bertz CT molecular complexity index is 520. The van der Waals surface area contributed by atoms with E-state index in [1.165, 1.54) is 0 Å². The van der Waals surface area contributed by atoms with Crippen LogP contribution in [0.4, 0.5) is 10.5 Å². The third-order valence-electron chi connectivity index (χ3n) is 4.28. The molecule has 2 aliphatic rings. The van der Waals surface area contributed by atoms with Crippen LogP contribution < -0.4 is 10.6 Å². The predicted octanol–water partition coefficient (Wildman–Crippen LogP) is 2.14. The third-order valence-corrected chi connectivity index (χ3v) is 4.28. The number of hydrogen-bond acceptors (Lipinski definition) is 4. The Hall–Kier alpha value is -1.56. The SMILES string of the molecule is Cc1noc(C2CC2)c1NC(=O)N[C@](C)(CO)C1CC1. The summed E-state index contributed by atoms with van der Waals surface area (Å²) in [4.78, 5) is 12.2. The van der Waals surface area contributed by atoms with Crippen molar-refractivity contribution in [1.82, 2.24) is 10.5 Å². The van der Waals surface area contributed by atoms with Crippen LogP contribution in [0.15, 0.2) is 4.52 Å². The fraction of sp³-hybridized carbons (Fsp3) is 0.714. The molecular weight excluding hydrogens is 258 g/mol. The van der Waals surface area contributed by atoms with Gasteiger partial charge in [0.2, 0.25) is 0 Å². The molecule has 0 bridgehead atoms. The Morgan fingerprint density at radius 1 is 1.45 bits per heavy atom. The van der Waals surface area contributed by atoms with Crippen LogP contribution in [-0.2, 0) is 0 Å². The predicted molar refractivity (Wildman–Crippen MR) is 73.6 cm³/mol. The van der Waals surface area contributed by atoms with E-state index in [0.29, 0.717) is 23.2 Å². The van der Waals surface area contributed by atoms with Gasteiger partial charge in [-0.2, -0.15) is 0 Å². The summed E-state index contributed by atoms with van der Waals surface area (Å²) >= 11 is 0. The van der Waals surface area contributed by atoms with Gasteiger partial charge in [0.25, 0.3) is 0 Å². The van der Waals surface area contributed by atoms with Gasteiger partial charge in [0, 0.05) is 5.92 Å². The van der Waals surface area contributed by atoms with Crippen molar-refractivity contribution in [2.24, 2.45) is 5.92 Å². The zero-order valence-corrected chi connectivity index (χ0v) is 11.9. The van der Waals surface area contributed by atoms with E-state index in [0.717, 1.165) is 31.4 Å². The molecule has 2 amide bonds. The molecule has 0 aromatic carbocycles. The molecule has 1 atom stereocenters. The molecule has 0 unspecified atom stereocenters. The van der Waals surface area contributed by atoms with Crippen LogP contribution in [0, 0.1) is 12.8 Å². The first kappa shape index (κ1) is 13.4. The molecule has 0 radical (unpaired) electrons. The van der Waals surface area contributed by atoms with Crippen molar-refractivity contribution in [3.63, 3.8) is 0 Å². The molecule has 0 saturated heterocycles. The molecule has 1 heterocycles. The number of aryl methyl sites for hydroxylation is 1. The molecular formula is C14H21N3O3. The minimum atomic E-state index is -0.547. The fourth-order valence-corrected chi connectivity index (χ4v) is 2.56. The van der Waals surface area contributed by atoms with Gasteiger partial charge >= 0.3 is 6.03 Å². The lowest BCUT2D eigenvalue weighted by molar-refractivity contribution is 0.159. The summed E-state index contributed by atoms with van der Waals surface area (Å²) in [6, 6.07) is -0.304. The maximum Gasteiger partial charge on any atom is 0.319 e. The van der Waals surface area contributed by atoms with Gasteiger partial charge in [-0.3, -0.25) is 0 Å². The van der Waals surface area contributed by atoms with Crippen LogP contribution in [0.25, 0.3) is 0 Å². The van der Waals surface area contributed by atoms with Crippen molar-refractivity contribution in [3.8, 4) is 0 Å². The summed E-state index contributed by atoms with van der Waals surface area (Å²) in [6.45, 7) is 3.65. The van der Waals surface area contributed by atoms with Crippen molar-refractivity contribution in [1.29, 1.82) is 0 Å². The number of carbonyl (C=O) groups excluding carboxylic acids is 1. The van der Waals surface area contributed by atoms with Gasteiger partial charge in [0.15, 0.2) is 5.76 Å². The van der Waals surface area contributed by atoms with Crippen molar-refractivity contribution in [2.45, 2.75) is 51.0 Å². The van der Waals surface area contributed by atoms with Gasteiger partial charge in [0.05, 0.1) is 12.1 Å². The zero-order valence-electron chi connectivity index (χ0n) is 11.9. The number of rotatable bonds is 5. The van der Waals surface area contributed by atoms with E-state index >= 15 is 0 Å². The number of carbonyl (C=O) groups is 1. The molecule has 20 heavy (non-hydrogen) atoms. The third kappa shape index (κ3) is 2.52. The van der Waals surface area contributed by atoms with Gasteiger partial charge in [-0.1, -0.05) is 5.16 Å². The topological polar surface area (TPSA) is 87.4 Å². The second-order valence-electron chi connectivity index (χ2n) is 6.21. The summed E-state index contributed by atoms with van der Waals surface area (Å²) in [6.07, 6.45) is 4.27. The highest BCUT2D eigenvalue weighted by Gasteiger charge is 2.42. The molecule has 3 rings (SSSR count). The van der Waals surface area contributed by atoms with Crippen molar-refractivity contribution in [2.75, 3.05) is 11.9 Å². The molecule has 0 spiro atoms. The van der Waals surface area contributed by atoms with E-state index in [9.17, 15) is 9.90 Å². The Kier molecular flexibility index (Phi) is 3.20. The van der Waals surface area contributed by atoms with Crippen LogP contribution in [0.2, 0.25) is 0 Å². The van der Waals surface area contributed by atoms with Gasteiger partial charge in [-0.15, -0.1) is 0 Å². The number of aliphatic hydroxyl groups is 1. The van der Waals surface area contributed by atoms with E-state index in [1.807, 2.05) is 13.8 Å². The fourth-order valence-electron chi connectivity index (χ4n) is 2.56. The lowest BCUT2D eigenvalue weighted by Crippen LogP contribution is -2.52. The Labute approximate surface area is 117 Å². The minimum absolute atomic E-state index is 0.0524. The van der Waals surface area contributed by atoms with E-state index in [2.05, 4.69) is 15.8 Å². The van der Waals surface area contributed by atoms with Crippen LogP contribution >= 0.6 is 0 Å². The summed E-state index contributed by atoms with van der Waals surface area (Å²) in [5.41, 5.74) is 0.829. The van der Waals surface area contributed by atoms with Crippen LogP contribution in [0.3, 0.4) is 0 Å². The van der Waals surface area contributed by atoms with E-state index in [-0.39, 0.29) is 12.6 Å². The second-order valence-corrected chi connectivity index (χ2v) is 6.21. The second kappa shape index (κ2) is 4.77. The maximum absolute atomic E-state index is 12.2. The molecule has 6 nitrogen and oxygen atoms in total. The number of urea groups is 1. The highest BCUT2D eigenvalue weighted by Crippen LogP contribution is 2.44. The molecule has 2 aliphatic carbocycles. The first-order chi connectivity index (χ1) is 9.53. The smallest absolute Gasteiger partial charge is 0.319 e. The molecule has 3 N–H and O–H groups in total. The molecule has 1 aromatic heterocycles. The molecule has 0 aliphatic heterocycles. The largest absolute Gasteiger partial charge is 0.394 e. The van der Waals surface area contributed by atoms with Crippen molar-refractivity contribution in [3.05, 3.63) is 11.5 Å². The van der Waals surface area contributed by atoms with E-state index in [4.69, 9.17) is 4.52 Å². The highest BCUT2D eigenvalue weighted by atomic mass is 16.5. The van der Waals surface area contributed by atoms with Crippen LogP contribution in [0.5, 0.6) is 0 Å². The Morgan fingerprint density at radius 3 is 2.70 bits per heavy atom. The normalized spacial score (nSPS) is 21.4. The van der Waals surface area contributed by atoms with Gasteiger partial charge in [0.1, 0.15) is 11.4 Å². The van der Waals surface area contributed by atoms with Gasteiger partial charge in [-0.05, 0) is 45.4 Å². The minimum Gasteiger partial charge on any atom is -0.394 e. The monoisotopic (exact) mass is 279 g/mol. The average molecular weight is 279 g/mol. The van der Waals surface area contributed by atoms with Gasteiger partial charge < -0.3 is 20.3 Å². The molecule has 2 saturated carbocycles. The molecule has 6 heteroatoms. The van der Waals surface area contributed by atoms with Crippen LogP contribution in [0.1, 0.15) is 50.0 Å². The standard InChI is InChI=1S/C14H21N3O3/c1-8-11(12(20-17-8)9-3-4-9)15-13(19)16-14(2,7-18)10-5-6-10/h9-10,18H,3-7H2,1-2H3,(H2,15,16,19)/t14-/m1/s1. The van der Waals surface area contributed by atoms with Crippen LogP contribution in [-0.4, -0.2) is 28.4 Å². The Balaban J connectivity index is 1.68. The number of aliphatic hydroxyl groups excluding tert-OH is 1. The Morgan fingerprint density at radius 2 is 2.15 bits per heavy atom. The molecule has 110 valence electrons. The highest BCUT2D eigenvalue weighted by molar-refractivity contribution is 5.91. The quantitative estimate of drug-likeness (QED) is 0.770. The zero-order chi connectivity index (χ0) is 14.3. The number of amides is 2. The summed E-state index contributed by atoms with van der Waals surface area (Å²) in [5, 5.41) is 19.2.